The van der Waals surface area contributed by atoms with Crippen LogP contribution in [0.4, 0.5) is 13.2 Å². The standard InChI is InChI=1S/C18H15F3O2/c19-18(20,21)16-10-7-13(8-11-16)6-9-15(12-17(22)23)14-4-2-1-3-5-14/h1-5,7-8,10-12H,6,9H2,(H,22,23)/b15-12-. The molecule has 23 heavy (non-hydrogen) atoms. The van der Waals surface area contributed by atoms with Gasteiger partial charge in [0.2, 0.25) is 0 Å². The van der Waals surface area contributed by atoms with Crippen molar-refractivity contribution >= 4 is 11.5 Å². The topological polar surface area (TPSA) is 37.3 Å². The van der Waals surface area contributed by atoms with Gasteiger partial charge in [0.1, 0.15) is 0 Å². The van der Waals surface area contributed by atoms with Gasteiger partial charge in [0.25, 0.3) is 0 Å². The molecule has 2 aromatic rings. The highest BCUT2D eigenvalue weighted by Crippen LogP contribution is 2.29. The molecule has 0 heterocycles. The molecule has 0 aromatic heterocycles. The predicted molar refractivity (Wildman–Crippen MR) is 81.8 cm³/mol. The van der Waals surface area contributed by atoms with E-state index in [0.29, 0.717) is 18.4 Å². The first kappa shape index (κ1) is 16.8. The van der Waals surface area contributed by atoms with Crippen molar-refractivity contribution in [3.05, 3.63) is 77.4 Å². The molecule has 0 saturated carbocycles. The lowest BCUT2D eigenvalue weighted by Crippen LogP contribution is -2.04. The van der Waals surface area contributed by atoms with Crippen LogP contribution >= 0.6 is 0 Å². The van der Waals surface area contributed by atoms with Gasteiger partial charge in [-0.2, -0.15) is 13.2 Å². The summed E-state index contributed by atoms with van der Waals surface area (Å²) in [7, 11) is 0. The van der Waals surface area contributed by atoms with E-state index in [4.69, 9.17) is 5.11 Å². The Kier molecular flexibility index (Phi) is 5.21. The van der Waals surface area contributed by atoms with Gasteiger partial charge in [-0.3, -0.25) is 0 Å². The van der Waals surface area contributed by atoms with Crippen molar-refractivity contribution < 1.29 is 23.1 Å². The van der Waals surface area contributed by atoms with Crippen LogP contribution in [0.1, 0.15) is 23.1 Å². The van der Waals surface area contributed by atoms with E-state index in [2.05, 4.69) is 0 Å². The number of carboxylic acids is 1. The largest absolute Gasteiger partial charge is 0.478 e. The first-order valence-corrected chi connectivity index (χ1v) is 7.01. The van der Waals surface area contributed by atoms with Crippen LogP contribution in [-0.2, 0) is 17.4 Å². The van der Waals surface area contributed by atoms with E-state index in [-0.39, 0.29) is 0 Å². The van der Waals surface area contributed by atoms with E-state index in [1.807, 2.05) is 30.3 Å². The number of hydrogen-bond acceptors (Lipinski definition) is 1. The normalized spacial score (nSPS) is 12.2. The van der Waals surface area contributed by atoms with Crippen LogP contribution in [0, 0.1) is 0 Å². The lowest BCUT2D eigenvalue weighted by molar-refractivity contribution is -0.137. The predicted octanol–water partition coefficient (Wildman–Crippen LogP) is 4.81. The lowest BCUT2D eigenvalue weighted by atomic mass is 9.97. The zero-order valence-electron chi connectivity index (χ0n) is 12.2. The summed E-state index contributed by atoms with van der Waals surface area (Å²) in [6, 6.07) is 14.0. The molecule has 0 aliphatic rings. The van der Waals surface area contributed by atoms with Crippen LogP contribution in [0.5, 0.6) is 0 Å². The lowest BCUT2D eigenvalue weighted by Gasteiger charge is -2.09. The minimum Gasteiger partial charge on any atom is -0.478 e. The second kappa shape index (κ2) is 7.13. The molecule has 0 aliphatic carbocycles. The van der Waals surface area contributed by atoms with Crippen LogP contribution in [0.25, 0.3) is 5.57 Å². The maximum atomic E-state index is 12.5. The quantitative estimate of drug-likeness (QED) is 0.803. The Morgan fingerprint density at radius 3 is 2.13 bits per heavy atom. The van der Waals surface area contributed by atoms with Gasteiger partial charge in [-0.15, -0.1) is 0 Å². The number of aryl methyl sites for hydroxylation is 1. The Morgan fingerprint density at radius 2 is 1.61 bits per heavy atom. The molecule has 0 unspecified atom stereocenters. The number of rotatable bonds is 5. The molecule has 0 amide bonds. The fourth-order valence-electron chi connectivity index (χ4n) is 2.24. The van der Waals surface area contributed by atoms with E-state index in [9.17, 15) is 18.0 Å². The highest BCUT2D eigenvalue weighted by atomic mass is 19.4. The Balaban J connectivity index is 2.12. The second-order valence-corrected chi connectivity index (χ2v) is 5.07. The minimum atomic E-state index is -4.35. The molecule has 120 valence electrons. The molecule has 0 aliphatic heterocycles. The van der Waals surface area contributed by atoms with Gasteiger partial charge >= 0.3 is 12.1 Å². The van der Waals surface area contributed by atoms with E-state index in [1.54, 1.807) is 0 Å². The van der Waals surface area contributed by atoms with E-state index < -0.39 is 17.7 Å². The highest BCUT2D eigenvalue weighted by Gasteiger charge is 2.29. The number of benzene rings is 2. The molecule has 0 bridgehead atoms. The molecule has 0 atom stereocenters. The smallest absolute Gasteiger partial charge is 0.416 e. The Bertz CT molecular complexity index is 686. The zero-order chi connectivity index (χ0) is 16.9. The maximum absolute atomic E-state index is 12.5. The van der Waals surface area contributed by atoms with Gasteiger partial charge in [-0.25, -0.2) is 4.79 Å². The number of aliphatic carboxylic acids is 1. The summed E-state index contributed by atoms with van der Waals surface area (Å²) in [5, 5.41) is 8.97. The molecule has 0 fully saturated rings. The highest BCUT2D eigenvalue weighted by molar-refractivity contribution is 5.90. The Labute approximate surface area is 131 Å². The first-order valence-electron chi connectivity index (χ1n) is 7.01. The van der Waals surface area contributed by atoms with Gasteiger partial charge in [0, 0.05) is 6.08 Å². The fourth-order valence-corrected chi connectivity index (χ4v) is 2.24. The molecule has 2 nitrogen and oxygen atoms in total. The van der Waals surface area contributed by atoms with Gasteiger partial charge in [0.15, 0.2) is 0 Å². The Hall–Kier alpha value is -2.56. The average Bonchev–Trinajstić information content (AvgIpc) is 2.51. The molecule has 2 rings (SSSR count). The van der Waals surface area contributed by atoms with Crippen LogP contribution < -0.4 is 0 Å². The van der Waals surface area contributed by atoms with Crippen LogP contribution in [0.2, 0.25) is 0 Å². The minimum absolute atomic E-state index is 0.432. The third-order valence-corrected chi connectivity index (χ3v) is 3.41. The summed E-state index contributed by atoms with van der Waals surface area (Å²) in [4.78, 5) is 10.9. The van der Waals surface area contributed by atoms with Crippen LogP contribution in [0.3, 0.4) is 0 Å². The second-order valence-electron chi connectivity index (χ2n) is 5.07. The average molecular weight is 320 g/mol. The maximum Gasteiger partial charge on any atom is 0.416 e. The van der Waals surface area contributed by atoms with Crippen molar-refractivity contribution in [1.82, 2.24) is 0 Å². The van der Waals surface area contributed by atoms with E-state index >= 15 is 0 Å². The van der Waals surface area contributed by atoms with Crippen molar-refractivity contribution in [3.8, 4) is 0 Å². The van der Waals surface area contributed by atoms with Gasteiger partial charge in [-0.05, 0) is 41.7 Å². The SMILES string of the molecule is O=C(O)/C=C(/CCc1ccc(C(F)(F)F)cc1)c1ccccc1. The van der Waals surface area contributed by atoms with E-state index in [1.165, 1.54) is 12.1 Å². The van der Waals surface area contributed by atoms with Crippen LogP contribution in [-0.4, -0.2) is 11.1 Å². The van der Waals surface area contributed by atoms with Gasteiger partial charge in [-0.1, -0.05) is 42.5 Å². The summed E-state index contributed by atoms with van der Waals surface area (Å²) >= 11 is 0. The molecular formula is C18H15F3O2. The first-order chi connectivity index (χ1) is 10.9. The third-order valence-electron chi connectivity index (χ3n) is 3.41. The molecule has 5 heteroatoms. The summed E-state index contributed by atoms with van der Waals surface area (Å²) in [6.45, 7) is 0. The molecule has 0 spiro atoms. The summed E-state index contributed by atoms with van der Waals surface area (Å²) in [5.74, 6) is -1.05. The van der Waals surface area contributed by atoms with Crippen molar-refractivity contribution in [2.24, 2.45) is 0 Å². The summed E-state index contributed by atoms with van der Waals surface area (Å²) in [5.41, 5.74) is 1.47. The zero-order valence-corrected chi connectivity index (χ0v) is 12.2. The van der Waals surface area contributed by atoms with Gasteiger partial charge < -0.3 is 5.11 Å². The number of carboxylic acid groups (broad SMARTS) is 1. The monoisotopic (exact) mass is 320 g/mol. The number of alkyl halides is 3. The Morgan fingerprint density at radius 1 is 1.00 bits per heavy atom. The molecule has 2 aromatic carbocycles. The summed E-state index contributed by atoms with van der Waals surface area (Å²) < 4.78 is 37.6. The van der Waals surface area contributed by atoms with Crippen molar-refractivity contribution in [1.29, 1.82) is 0 Å². The molecule has 1 N–H and O–H groups in total. The number of carbonyl (C=O) groups is 1. The van der Waals surface area contributed by atoms with Crippen molar-refractivity contribution in [3.63, 3.8) is 0 Å². The summed E-state index contributed by atoms with van der Waals surface area (Å²) in [6.07, 6.45) is -2.32. The molecular weight excluding hydrogens is 305 g/mol. The number of hydrogen-bond donors (Lipinski definition) is 1. The van der Waals surface area contributed by atoms with Crippen LogP contribution in [0.15, 0.2) is 60.7 Å². The number of halogens is 3. The fraction of sp³-hybridized carbons (Fsp3) is 0.167. The molecule has 0 saturated heterocycles. The number of allylic oxidation sites excluding steroid dienone is 1. The van der Waals surface area contributed by atoms with E-state index in [0.717, 1.165) is 29.3 Å². The third kappa shape index (κ3) is 4.98. The van der Waals surface area contributed by atoms with Crippen molar-refractivity contribution in [2.75, 3.05) is 0 Å². The van der Waals surface area contributed by atoms with Gasteiger partial charge in [0.05, 0.1) is 5.56 Å². The van der Waals surface area contributed by atoms with Crippen molar-refractivity contribution in [2.45, 2.75) is 19.0 Å². The molecule has 0 radical (unpaired) electrons.